The highest BCUT2D eigenvalue weighted by Gasteiger charge is 2.11. The fraction of sp³-hybridized carbons (Fsp3) is 0.667. The molecule has 3 N–H and O–H groups in total. The second-order valence-corrected chi connectivity index (χ2v) is 4.45. The summed E-state index contributed by atoms with van der Waals surface area (Å²) in [5, 5.41) is 15.2. The molecule has 102 valence electrons. The van der Waals surface area contributed by atoms with E-state index >= 15 is 0 Å². The van der Waals surface area contributed by atoms with Crippen molar-refractivity contribution in [3.05, 3.63) is 12.0 Å². The van der Waals surface area contributed by atoms with E-state index in [0.717, 1.165) is 19.2 Å². The average Bonchev–Trinajstić information content (AvgIpc) is 2.29. The highest BCUT2D eigenvalue weighted by Crippen LogP contribution is 2.14. The van der Waals surface area contributed by atoms with Crippen LogP contribution < -0.4 is 10.6 Å². The van der Waals surface area contributed by atoms with Crippen LogP contribution in [-0.4, -0.2) is 33.8 Å². The molecule has 0 aliphatic rings. The summed E-state index contributed by atoms with van der Waals surface area (Å²) in [5.74, 6) is 0.0799. The molecule has 18 heavy (non-hydrogen) atoms. The Bertz CT molecular complexity index is 373. The molecule has 0 saturated heterocycles. The Balaban J connectivity index is 2.68. The van der Waals surface area contributed by atoms with Gasteiger partial charge in [0, 0.05) is 12.6 Å². The van der Waals surface area contributed by atoms with Crippen LogP contribution >= 0.6 is 0 Å². The Morgan fingerprint density at radius 1 is 1.44 bits per heavy atom. The van der Waals surface area contributed by atoms with Crippen LogP contribution in [0.25, 0.3) is 0 Å². The monoisotopic (exact) mass is 256 g/mol. The minimum Gasteiger partial charge on any atom is -0.393 e. The van der Waals surface area contributed by atoms with Crippen LogP contribution in [0.5, 0.6) is 0 Å². The van der Waals surface area contributed by atoms with Crippen LogP contribution in [0, 0.1) is 5.82 Å². The second-order valence-electron chi connectivity index (χ2n) is 4.45. The molecule has 0 aliphatic heterocycles. The molecule has 1 aromatic rings. The molecular formula is C12H21FN4O. The van der Waals surface area contributed by atoms with E-state index in [1.54, 1.807) is 6.92 Å². The third-order valence-corrected chi connectivity index (χ3v) is 2.36. The van der Waals surface area contributed by atoms with E-state index in [9.17, 15) is 9.50 Å². The number of nitrogens with one attached hydrogen (secondary N) is 2. The van der Waals surface area contributed by atoms with Crippen LogP contribution in [0.15, 0.2) is 6.20 Å². The Morgan fingerprint density at radius 3 is 2.78 bits per heavy atom. The summed E-state index contributed by atoms with van der Waals surface area (Å²) >= 11 is 0. The molecule has 5 nitrogen and oxygen atoms in total. The van der Waals surface area contributed by atoms with E-state index in [1.165, 1.54) is 0 Å². The van der Waals surface area contributed by atoms with Crippen molar-refractivity contribution >= 4 is 11.8 Å². The maximum atomic E-state index is 13.5. The van der Waals surface area contributed by atoms with Crippen molar-refractivity contribution in [2.75, 3.05) is 17.2 Å². The number of anilines is 2. The molecule has 2 atom stereocenters. The maximum Gasteiger partial charge on any atom is 0.224 e. The third-order valence-electron chi connectivity index (χ3n) is 2.36. The molecule has 0 spiro atoms. The summed E-state index contributed by atoms with van der Waals surface area (Å²) in [6.07, 6.45) is 2.18. The van der Waals surface area contributed by atoms with Crippen LogP contribution in [0.3, 0.4) is 0 Å². The number of aromatic nitrogens is 2. The number of aliphatic hydroxyl groups is 1. The van der Waals surface area contributed by atoms with Gasteiger partial charge in [0.1, 0.15) is 0 Å². The van der Waals surface area contributed by atoms with Crippen molar-refractivity contribution in [1.29, 1.82) is 0 Å². The van der Waals surface area contributed by atoms with Gasteiger partial charge in [-0.05, 0) is 26.7 Å². The zero-order valence-electron chi connectivity index (χ0n) is 11.1. The number of hydrogen-bond acceptors (Lipinski definition) is 5. The third kappa shape index (κ3) is 4.83. The molecule has 6 heteroatoms. The summed E-state index contributed by atoms with van der Waals surface area (Å²) in [6.45, 7) is 6.34. The molecule has 2 unspecified atom stereocenters. The SMILES string of the molecule is CCCNc1ncc(F)c(NC(C)CC(C)O)n1. The molecule has 0 amide bonds. The summed E-state index contributed by atoms with van der Waals surface area (Å²) < 4.78 is 13.5. The molecule has 1 rings (SSSR count). The smallest absolute Gasteiger partial charge is 0.224 e. The van der Waals surface area contributed by atoms with Crippen LogP contribution in [-0.2, 0) is 0 Å². The number of rotatable bonds is 7. The van der Waals surface area contributed by atoms with Crippen molar-refractivity contribution in [1.82, 2.24) is 9.97 Å². The summed E-state index contributed by atoms with van der Waals surface area (Å²) in [4.78, 5) is 7.93. The number of aliphatic hydroxyl groups excluding tert-OH is 1. The first kappa shape index (κ1) is 14.6. The molecule has 0 radical (unpaired) electrons. The number of hydrogen-bond donors (Lipinski definition) is 3. The van der Waals surface area contributed by atoms with E-state index in [2.05, 4.69) is 20.6 Å². The molecule has 0 fully saturated rings. The lowest BCUT2D eigenvalue weighted by Gasteiger charge is -2.16. The Labute approximate surface area is 107 Å². The Kier molecular flexibility index (Phi) is 5.77. The summed E-state index contributed by atoms with van der Waals surface area (Å²) in [7, 11) is 0. The first-order valence-electron chi connectivity index (χ1n) is 6.24. The maximum absolute atomic E-state index is 13.5. The van der Waals surface area contributed by atoms with Gasteiger partial charge in [-0.15, -0.1) is 0 Å². The largest absolute Gasteiger partial charge is 0.393 e. The van der Waals surface area contributed by atoms with Crippen LogP contribution in [0.4, 0.5) is 16.2 Å². The van der Waals surface area contributed by atoms with Crippen molar-refractivity contribution in [3.63, 3.8) is 0 Å². The van der Waals surface area contributed by atoms with E-state index in [0.29, 0.717) is 12.4 Å². The highest BCUT2D eigenvalue weighted by molar-refractivity contribution is 5.41. The van der Waals surface area contributed by atoms with Gasteiger partial charge in [0.15, 0.2) is 11.6 Å². The first-order valence-corrected chi connectivity index (χ1v) is 6.24. The van der Waals surface area contributed by atoms with Gasteiger partial charge in [0.05, 0.1) is 12.3 Å². The zero-order chi connectivity index (χ0) is 13.5. The summed E-state index contributed by atoms with van der Waals surface area (Å²) in [5.41, 5.74) is 0. The molecule has 0 aliphatic carbocycles. The number of halogens is 1. The van der Waals surface area contributed by atoms with Gasteiger partial charge in [-0.3, -0.25) is 0 Å². The Hall–Kier alpha value is -1.43. The highest BCUT2D eigenvalue weighted by atomic mass is 19.1. The first-order chi connectivity index (χ1) is 8.52. The minimum atomic E-state index is -0.491. The molecule has 0 saturated carbocycles. The van der Waals surface area contributed by atoms with Crippen molar-refractivity contribution < 1.29 is 9.50 Å². The fourth-order valence-electron chi connectivity index (χ4n) is 1.59. The lowest BCUT2D eigenvalue weighted by molar-refractivity contribution is 0.179. The van der Waals surface area contributed by atoms with E-state index in [4.69, 9.17) is 0 Å². The van der Waals surface area contributed by atoms with E-state index in [-0.39, 0.29) is 11.9 Å². The quantitative estimate of drug-likeness (QED) is 0.696. The zero-order valence-corrected chi connectivity index (χ0v) is 11.1. The minimum absolute atomic E-state index is 0.0616. The topological polar surface area (TPSA) is 70.1 Å². The predicted octanol–water partition coefficient (Wildman–Crippen LogP) is 2.01. The van der Waals surface area contributed by atoms with E-state index < -0.39 is 11.9 Å². The average molecular weight is 256 g/mol. The van der Waals surface area contributed by atoms with E-state index in [1.807, 2.05) is 13.8 Å². The van der Waals surface area contributed by atoms with Crippen molar-refractivity contribution in [2.24, 2.45) is 0 Å². The number of nitrogens with zero attached hydrogens (tertiary/aromatic N) is 2. The molecule has 1 heterocycles. The second kappa shape index (κ2) is 7.10. The predicted molar refractivity (Wildman–Crippen MR) is 70.2 cm³/mol. The normalized spacial score (nSPS) is 14.1. The van der Waals surface area contributed by atoms with Crippen molar-refractivity contribution in [2.45, 2.75) is 45.8 Å². The standard InChI is InChI=1S/C12H21FN4O/c1-4-5-14-12-15-7-10(13)11(17-12)16-8(2)6-9(3)18/h7-9,18H,4-6H2,1-3H3,(H2,14,15,16,17). The van der Waals surface area contributed by atoms with Gasteiger partial charge < -0.3 is 15.7 Å². The molecule has 0 aromatic carbocycles. The lowest BCUT2D eigenvalue weighted by Crippen LogP contribution is -2.22. The summed E-state index contributed by atoms with van der Waals surface area (Å²) in [6, 6.07) is -0.0616. The van der Waals surface area contributed by atoms with Gasteiger partial charge in [0.2, 0.25) is 5.95 Å². The fourth-order valence-corrected chi connectivity index (χ4v) is 1.59. The van der Waals surface area contributed by atoms with Crippen LogP contribution in [0.1, 0.15) is 33.6 Å². The van der Waals surface area contributed by atoms with Crippen molar-refractivity contribution in [3.8, 4) is 0 Å². The molecule has 1 aromatic heterocycles. The lowest BCUT2D eigenvalue weighted by atomic mass is 10.1. The van der Waals surface area contributed by atoms with Gasteiger partial charge in [-0.1, -0.05) is 6.92 Å². The van der Waals surface area contributed by atoms with Crippen LogP contribution in [0.2, 0.25) is 0 Å². The molecular weight excluding hydrogens is 235 g/mol. The molecule has 0 bridgehead atoms. The van der Waals surface area contributed by atoms with Gasteiger partial charge in [-0.25, -0.2) is 9.37 Å². The Morgan fingerprint density at radius 2 is 2.17 bits per heavy atom. The van der Waals surface area contributed by atoms with Gasteiger partial charge in [-0.2, -0.15) is 4.98 Å². The van der Waals surface area contributed by atoms with Gasteiger partial charge in [0.25, 0.3) is 0 Å². The van der Waals surface area contributed by atoms with Gasteiger partial charge >= 0.3 is 0 Å².